The maximum atomic E-state index is 5.12. The zero-order valence-corrected chi connectivity index (χ0v) is 10.8. The fourth-order valence-electron chi connectivity index (χ4n) is 1.35. The van der Waals surface area contributed by atoms with E-state index >= 15 is 0 Å². The normalized spacial score (nSPS) is 10.8. The van der Waals surface area contributed by atoms with Gasteiger partial charge in [0.1, 0.15) is 5.75 Å². The summed E-state index contributed by atoms with van der Waals surface area (Å²) in [6, 6.07) is 7.64. The molecule has 5 nitrogen and oxygen atoms in total. The zero-order valence-electron chi connectivity index (χ0n) is 9.99. The van der Waals surface area contributed by atoms with Crippen molar-refractivity contribution in [2.24, 2.45) is 0 Å². The predicted molar refractivity (Wildman–Crippen MR) is 66.7 cm³/mol. The van der Waals surface area contributed by atoms with Crippen LogP contribution in [-0.2, 0) is 0 Å². The highest BCUT2D eigenvalue weighted by Gasteiger charge is 2.10. The van der Waals surface area contributed by atoms with Crippen LogP contribution in [0.3, 0.4) is 0 Å². The molecule has 6 heteroatoms. The molecule has 0 aliphatic heterocycles. The SMILES string of the molecule is COc1ccc(-n2nnnc2SC(C)C)cc1. The molecule has 17 heavy (non-hydrogen) atoms. The van der Waals surface area contributed by atoms with Crippen molar-refractivity contribution in [3.05, 3.63) is 24.3 Å². The minimum Gasteiger partial charge on any atom is -0.497 e. The Bertz CT molecular complexity index is 480. The standard InChI is InChI=1S/C11H14N4OS/c1-8(2)17-11-12-13-14-15(11)9-4-6-10(16-3)7-5-9/h4-8H,1-3H3. The van der Waals surface area contributed by atoms with Gasteiger partial charge in [0.15, 0.2) is 0 Å². The van der Waals surface area contributed by atoms with Gasteiger partial charge in [0.25, 0.3) is 0 Å². The summed E-state index contributed by atoms with van der Waals surface area (Å²) < 4.78 is 6.84. The molecule has 0 aliphatic carbocycles. The van der Waals surface area contributed by atoms with Crippen molar-refractivity contribution < 1.29 is 4.74 Å². The Morgan fingerprint density at radius 1 is 1.24 bits per heavy atom. The minimum absolute atomic E-state index is 0.443. The Hall–Kier alpha value is -1.56. The third-order valence-corrected chi connectivity index (χ3v) is 3.04. The molecule has 1 heterocycles. The number of hydrogen-bond donors (Lipinski definition) is 0. The first-order valence-corrected chi connectivity index (χ1v) is 6.18. The van der Waals surface area contributed by atoms with Crippen LogP contribution < -0.4 is 4.74 Å². The van der Waals surface area contributed by atoms with Crippen LogP contribution in [0.4, 0.5) is 0 Å². The number of aromatic nitrogens is 4. The quantitative estimate of drug-likeness (QED) is 0.778. The second kappa shape index (κ2) is 5.18. The van der Waals surface area contributed by atoms with E-state index in [1.54, 1.807) is 23.6 Å². The number of thioether (sulfide) groups is 1. The summed E-state index contributed by atoms with van der Waals surface area (Å²) in [5, 5.41) is 12.9. The minimum atomic E-state index is 0.443. The summed E-state index contributed by atoms with van der Waals surface area (Å²) in [6.07, 6.45) is 0. The van der Waals surface area contributed by atoms with Crippen LogP contribution in [0.2, 0.25) is 0 Å². The Morgan fingerprint density at radius 2 is 1.94 bits per heavy atom. The van der Waals surface area contributed by atoms with Crippen LogP contribution in [-0.4, -0.2) is 32.6 Å². The highest BCUT2D eigenvalue weighted by atomic mass is 32.2. The van der Waals surface area contributed by atoms with Crippen molar-refractivity contribution in [3.8, 4) is 11.4 Å². The smallest absolute Gasteiger partial charge is 0.214 e. The van der Waals surface area contributed by atoms with E-state index in [0.29, 0.717) is 5.25 Å². The van der Waals surface area contributed by atoms with Crippen molar-refractivity contribution in [3.63, 3.8) is 0 Å². The van der Waals surface area contributed by atoms with Gasteiger partial charge in [0.05, 0.1) is 12.8 Å². The van der Waals surface area contributed by atoms with Crippen LogP contribution in [0, 0.1) is 0 Å². The molecule has 1 aromatic heterocycles. The molecule has 0 saturated carbocycles. The fraction of sp³-hybridized carbons (Fsp3) is 0.364. The van der Waals surface area contributed by atoms with Gasteiger partial charge in [-0.25, -0.2) is 0 Å². The molecule has 0 unspecified atom stereocenters. The van der Waals surface area contributed by atoms with E-state index in [1.165, 1.54) is 0 Å². The van der Waals surface area contributed by atoms with Crippen LogP contribution in [0.1, 0.15) is 13.8 Å². The van der Waals surface area contributed by atoms with Crippen LogP contribution in [0.15, 0.2) is 29.4 Å². The average molecular weight is 250 g/mol. The van der Waals surface area contributed by atoms with Gasteiger partial charge in [-0.3, -0.25) is 0 Å². The van der Waals surface area contributed by atoms with Gasteiger partial charge >= 0.3 is 0 Å². The van der Waals surface area contributed by atoms with Crippen LogP contribution in [0.5, 0.6) is 5.75 Å². The first-order valence-electron chi connectivity index (χ1n) is 5.30. The predicted octanol–water partition coefficient (Wildman–Crippen LogP) is 2.17. The van der Waals surface area contributed by atoms with Gasteiger partial charge in [0.2, 0.25) is 5.16 Å². The second-order valence-corrected chi connectivity index (χ2v) is 5.28. The lowest BCUT2D eigenvalue weighted by molar-refractivity contribution is 0.414. The maximum absolute atomic E-state index is 5.12. The number of methoxy groups -OCH3 is 1. The largest absolute Gasteiger partial charge is 0.497 e. The van der Waals surface area contributed by atoms with E-state index < -0.39 is 0 Å². The molecule has 2 aromatic rings. The van der Waals surface area contributed by atoms with E-state index in [0.717, 1.165) is 16.6 Å². The Labute approximate surface area is 104 Å². The first-order chi connectivity index (χ1) is 8.20. The van der Waals surface area contributed by atoms with Crippen molar-refractivity contribution in [1.82, 2.24) is 20.2 Å². The van der Waals surface area contributed by atoms with Crippen molar-refractivity contribution in [1.29, 1.82) is 0 Å². The monoisotopic (exact) mass is 250 g/mol. The molecule has 0 aliphatic rings. The number of tetrazole rings is 1. The number of benzene rings is 1. The van der Waals surface area contributed by atoms with E-state index in [2.05, 4.69) is 29.4 Å². The van der Waals surface area contributed by atoms with E-state index in [1.807, 2.05) is 24.3 Å². The third kappa shape index (κ3) is 2.76. The Balaban J connectivity index is 2.29. The maximum Gasteiger partial charge on any atom is 0.214 e. The lowest BCUT2D eigenvalue weighted by Gasteiger charge is -2.06. The molecule has 0 N–H and O–H groups in total. The topological polar surface area (TPSA) is 52.8 Å². The Morgan fingerprint density at radius 3 is 2.53 bits per heavy atom. The van der Waals surface area contributed by atoms with Gasteiger partial charge in [0, 0.05) is 5.25 Å². The van der Waals surface area contributed by atoms with E-state index in [9.17, 15) is 0 Å². The molecule has 90 valence electrons. The van der Waals surface area contributed by atoms with Crippen molar-refractivity contribution in [2.45, 2.75) is 24.3 Å². The highest BCUT2D eigenvalue weighted by Crippen LogP contribution is 2.23. The molecule has 0 fully saturated rings. The van der Waals surface area contributed by atoms with Crippen molar-refractivity contribution in [2.75, 3.05) is 7.11 Å². The number of ether oxygens (including phenoxy) is 1. The molecule has 0 saturated heterocycles. The molecule has 0 spiro atoms. The van der Waals surface area contributed by atoms with Crippen LogP contribution >= 0.6 is 11.8 Å². The van der Waals surface area contributed by atoms with E-state index in [-0.39, 0.29) is 0 Å². The summed E-state index contributed by atoms with van der Waals surface area (Å²) in [7, 11) is 1.64. The second-order valence-electron chi connectivity index (χ2n) is 3.74. The molecule has 1 aromatic carbocycles. The molecular weight excluding hydrogens is 236 g/mol. The van der Waals surface area contributed by atoms with Gasteiger partial charge in [-0.1, -0.05) is 25.6 Å². The molecule has 2 rings (SSSR count). The first kappa shape index (κ1) is 11.9. The number of hydrogen-bond acceptors (Lipinski definition) is 5. The number of nitrogens with zero attached hydrogens (tertiary/aromatic N) is 4. The molecular formula is C11H14N4OS. The summed E-state index contributed by atoms with van der Waals surface area (Å²) in [5.74, 6) is 0.819. The van der Waals surface area contributed by atoms with Gasteiger partial charge in [-0.2, -0.15) is 4.68 Å². The summed E-state index contributed by atoms with van der Waals surface area (Å²) in [4.78, 5) is 0. The molecule has 0 atom stereocenters. The van der Waals surface area contributed by atoms with Gasteiger partial charge in [-0.05, 0) is 34.7 Å². The summed E-state index contributed by atoms with van der Waals surface area (Å²) in [6.45, 7) is 4.22. The summed E-state index contributed by atoms with van der Waals surface area (Å²) in [5.41, 5.74) is 0.930. The molecule has 0 amide bonds. The van der Waals surface area contributed by atoms with Crippen LogP contribution in [0.25, 0.3) is 5.69 Å². The lowest BCUT2D eigenvalue weighted by atomic mass is 10.3. The number of rotatable bonds is 4. The van der Waals surface area contributed by atoms with E-state index in [4.69, 9.17) is 4.74 Å². The Kier molecular flexibility index (Phi) is 3.63. The lowest BCUT2D eigenvalue weighted by Crippen LogP contribution is -2.00. The average Bonchev–Trinajstić information content (AvgIpc) is 2.76. The summed E-state index contributed by atoms with van der Waals surface area (Å²) >= 11 is 1.63. The fourth-order valence-corrected chi connectivity index (χ4v) is 2.10. The highest BCUT2D eigenvalue weighted by molar-refractivity contribution is 7.99. The zero-order chi connectivity index (χ0) is 12.3. The molecule has 0 radical (unpaired) electrons. The molecule has 0 bridgehead atoms. The van der Waals surface area contributed by atoms with Gasteiger partial charge in [-0.15, -0.1) is 5.10 Å². The van der Waals surface area contributed by atoms with Crippen molar-refractivity contribution >= 4 is 11.8 Å². The van der Waals surface area contributed by atoms with Gasteiger partial charge < -0.3 is 4.74 Å². The third-order valence-electron chi connectivity index (χ3n) is 2.10.